The van der Waals surface area contributed by atoms with Gasteiger partial charge in [0, 0.05) is 5.56 Å². The maximum Gasteiger partial charge on any atom is 0.241 e. The predicted octanol–water partition coefficient (Wildman–Crippen LogP) is 4.93. The number of aliphatic imine (C=N–C) groups is 1. The molecule has 1 aliphatic heterocycles. The number of hydrogen-bond donors (Lipinski definition) is 1. The predicted molar refractivity (Wildman–Crippen MR) is 126 cm³/mol. The maximum absolute atomic E-state index is 14.9. The molecule has 0 radical (unpaired) electrons. The largest absolute Gasteiger partial charge is 0.284 e. The van der Waals surface area contributed by atoms with Gasteiger partial charge in [0.2, 0.25) is 15.1 Å². The molecule has 0 unspecified atom stereocenters. The Bertz CT molecular complexity index is 1100. The molecule has 0 saturated carbocycles. The fraction of sp³-hybridized carbons (Fsp3) is 0.364. The molecule has 0 amide bonds. The number of hydrogen-bond acceptors (Lipinski definition) is 6. The van der Waals surface area contributed by atoms with Crippen LogP contribution in [0.5, 0.6) is 0 Å². The van der Waals surface area contributed by atoms with Gasteiger partial charge < -0.3 is 0 Å². The Balaban J connectivity index is 2.18. The zero-order valence-corrected chi connectivity index (χ0v) is 20.2. The molecule has 0 aromatic heterocycles. The number of carbonyl (C=O) groups is 1. The molecule has 166 valence electrons. The summed E-state index contributed by atoms with van der Waals surface area (Å²) >= 11 is 2.41. The van der Waals surface area contributed by atoms with E-state index in [1.807, 2.05) is 13.8 Å². The van der Waals surface area contributed by atoms with Gasteiger partial charge in [0.15, 0.2) is 5.54 Å². The van der Waals surface area contributed by atoms with Crippen LogP contribution in [0.25, 0.3) is 0 Å². The van der Waals surface area contributed by atoms with Gasteiger partial charge in [-0.2, -0.15) is 0 Å². The molecule has 5 nitrogen and oxygen atoms in total. The minimum absolute atomic E-state index is 0.0450. The highest BCUT2D eigenvalue weighted by Gasteiger charge is 2.55. The first-order valence-corrected chi connectivity index (χ1v) is 13.2. The number of halogens is 1. The van der Waals surface area contributed by atoms with Gasteiger partial charge in [-0.15, -0.1) is 0 Å². The van der Waals surface area contributed by atoms with Crippen LogP contribution in [0, 0.1) is 18.7 Å². The summed E-state index contributed by atoms with van der Waals surface area (Å²) in [5.74, 6) is -0.260. The quantitative estimate of drug-likeness (QED) is 0.608. The molecule has 0 fully saturated rings. The highest BCUT2D eigenvalue weighted by molar-refractivity contribution is 8.45. The minimum Gasteiger partial charge on any atom is -0.284 e. The van der Waals surface area contributed by atoms with Crippen molar-refractivity contribution in [1.29, 1.82) is 0 Å². The molecular formula is C22H25FN2O3S3. The number of nitrogens with one attached hydrogen (secondary N) is 1. The van der Waals surface area contributed by atoms with Crippen LogP contribution in [0.2, 0.25) is 0 Å². The molecule has 2 atom stereocenters. The van der Waals surface area contributed by atoms with Crippen molar-refractivity contribution in [1.82, 2.24) is 4.72 Å². The lowest BCUT2D eigenvalue weighted by atomic mass is 9.78. The average Bonchev–Trinajstić information content (AvgIpc) is 3.04. The molecule has 31 heavy (non-hydrogen) atoms. The molecule has 0 bridgehead atoms. The summed E-state index contributed by atoms with van der Waals surface area (Å²) in [5.41, 5.74) is -0.467. The van der Waals surface area contributed by atoms with Crippen LogP contribution in [-0.2, 0) is 14.8 Å². The van der Waals surface area contributed by atoms with E-state index in [1.165, 1.54) is 42.1 Å². The van der Waals surface area contributed by atoms with Crippen LogP contribution in [0.1, 0.15) is 37.9 Å². The SMILES string of the molecule is CCSC1=N[C@@](C(C)C)([C@H](NS(=O)(=O)c2ccc(C)cc2)c2ccccc2F)C(=O)S1. The number of nitrogens with zero attached hydrogens (tertiary/aromatic N) is 1. The van der Waals surface area contributed by atoms with E-state index < -0.39 is 27.4 Å². The molecule has 2 aromatic carbocycles. The van der Waals surface area contributed by atoms with Crippen molar-refractivity contribution < 1.29 is 17.6 Å². The van der Waals surface area contributed by atoms with Crippen molar-refractivity contribution in [2.45, 2.75) is 44.2 Å². The third-order valence-corrected chi connectivity index (χ3v) is 8.64. The van der Waals surface area contributed by atoms with Gasteiger partial charge in [0.25, 0.3) is 0 Å². The second-order valence-corrected chi connectivity index (χ2v) is 11.8. The normalized spacial score (nSPS) is 20.2. The van der Waals surface area contributed by atoms with Crippen molar-refractivity contribution >= 4 is 43.0 Å². The van der Waals surface area contributed by atoms with E-state index in [0.29, 0.717) is 10.1 Å². The Kier molecular flexibility index (Phi) is 7.30. The molecule has 2 aromatic rings. The van der Waals surface area contributed by atoms with E-state index in [-0.39, 0.29) is 21.5 Å². The van der Waals surface area contributed by atoms with Gasteiger partial charge in [-0.1, -0.05) is 68.4 Å². The summed E-state index contributed by atoms with van der Waals surface area (Å²) in [6.07, 6.45) is 0. The van der Waals surface area contributed by atoms with E-state index >= 15 is 0 Å². The first kappa shape index (κ1) is 24.0. The van der Waals surface area contributed by atoms with Crippen LogP contribution >= 0.6 is 23.5 Å². The van der Waals surface area contributed by atoms with Crippen LogP contribution in [0.3, 0.4) is 0 Å². The summed E-state index contributed by atoms with van der Waals surface area (Å²) in [4.78, 5) is 18.0. The molecule has 1 N–H and O–H groups in total. The van der Waals surface area contributed by atoms with E-state index in [4.69, 9.17) is 4.99 Å². The summed E-state index contributed by atoms with van der Waals surface area (Å²) in [7, 11) is -4.06. The standard InChI is InChI=1S/C22H25FN2O3S3/c1-5-29-21-24-22(14(2)3,20(26)30-21)19(17-8-6-7-9-18(17)23)25-31(27,28)16-12-10-15(4)11-13-16/h6-14,19,25H,5H2,1-4H3/t19-,22+/m1/s1. The first-order valence-electron chi connectivity index (χ1n) is 9.90. The van der Waals surface area contributed by atoms with Crippen LogP contribution < -0.4 is 4.72 Å². The molecule has 3 rings (SSSR count). The Morgan fingerprint density at radius 2 is 1.81 bits per heavy atom. The van der Waals surface area contributed by atoms with Gasteiger partial charge in [-0.25, -0.2) is 17.5 Å². The number of aryl methyl sites for hydroxylation is 1. The molecule has 0 spiro atoms. The number of benzene rings is 2. The average molecular weight is 481 g/mol. The first-order chi connectivity index (χ1) is 14.6. The van der Waals surface area contributed by atoms with Gasteiger partial charge in [0.05, 0.1) is 10.9 Å². The summed E-state index contributed by atoms with van der Waals surface area (Å²) in [6, 6.07) is 11.1. The van der Waals surface area contributed by atoms with E-state index in [0.717, 1.165) is 17.3 Å². The summed E-state index contributed by atoms with van der Waals surface area (Å²) < 4.78 is 44.7. The van der Waals surface area contributed by atoms with Gasteiger partial charge in [-0.05, 0) is 48.6 Å². The maximum atomic E-state index is 14.9. The molecular weight excluding hydrogens is 455 g/mol. The van der Waals surface area contributed by atoms with Gasteiger partial charge in [-0.3, -0.25) is 9.79 Å². The zero-order chi connectivity index (χ0) is 22.8. The van der Waals surface area contributed by atoms with Crippen LogP contribution in [-0.4, -0.2) is 29.2 Å². The number of carbonyl (C=O) groups excluding carboxylic acids is 1. The van der Waals surface area contributed by atoms with Gasteiger partial charge in [0.1, 0.15) is 10.2 Å². The number of sulfonamides is 1. The number of thioether (sulfide) groups is 2. The summed E-state index contributed by atoms with van der Waals surface area (Å²) in [6.45, 7) is 7.41. The van der Waals surface area contributed by atoms with E-state index in [2.05, 4.69) is 4.72 Å². The topological polar surface area (TPSA) is 75.6 Å². The van der Waals surface area contributed by atoms with Crippen LogP contribution in [0.4, 0.5) is 4.39 Å². The fourth-order valence-corrected chi connectivity index (χ4v) is 6.93. The lowest BCUT2D eigenvalue weighted by Gasteiger charge is -2.37. The van der Waals surface area contributed by atoms with Crippen molar-refractivity contribution in [2.24, 2.45) is 10.9 Å². The highest BCUT2D eigenvalue weighted by Crippen LogP contribution is 2.47. The highest BCUT2D eigenvalue weighted by atomic mass is 32.2. The zero-order valence-electron chi connectivity index (χ0n) is 17.8. The Morgan fingerprint density at radius 1 is 1.16 bits per heavy atom. The Labute approximate surface area is 191 Å². The molecule has 9 heteroatoms. The lowest BCUT2D eigenvalue weighted by Crippen LogP contribution is -2.51. The second kappa shape index (κ2) is 9.44. The van der Waals surface area contributed by atoms with Crippen LogP contribution in [0.15, 0.2) is 58.4 Å². The monoisotopic (exact) mass is 480 g/mol. The minimum atomic E-state index is -4.06. The van der Waals surface area contributed by atoms with E-state index in [1.54, 1.807) is 32.0 Å². The fourth-order valence-electron chi connectivity index (χ4n) is 3.49. The number of rotatable bonds is 7. The van der Waals surface area contributed by atoms with E-state index in [9.17, 15) is 17.6 Å². The molecule has 1 heterocycles. The summed E-state index contributed by atoms with van der Waals surface area (Å²) in [5, 5.41) is -0.293. The second-order valence-electron chi connectivity index (χ2n) is 7.57. The van der Waals surface area contributed by atoms with Crippen molar-refractivity contribution in [3.8, 4) is 0 Å². The van der Waals surface area contributed by atoms with Crippen molar-refractivity contribution in [2.75, 3.05) is 5.75 Å². The third-order valence-electron chi connectivity index (χ3n) is 5.19. The Morgan fingerprint density at radius 3 is 2.39 bits per heavy atom. The van der Waals surface area contributed by atoms with Crippen molar-refractivity contribution in [3.05, 3.63) is 65.5 Å². The smallest absolute Gasteiger partial charge is 0.241 e. The third kappa shape index (κ3) is 4.74. The van der Waals surface area contributed by atoms with Gasteiger partial charge >= 0.3 is 0 Å². The Hall–Kier alpha value is -1.68. The lowest BCUT2D eigenvalue weighted by molar-refractivity contribution is -0.117. The van der Waals surface area contributed by atoms with Crippen molar-refractivity contribution in [3.63, 3.8) is 0 Å². The molecule has 1 aliphatic rings. The molecule has 0 saturated heterocycles. The molecule has 0 aliphatic carbocycles.